The van der Waals surface area contributed by atoms with Gasteiger partial charge in [0.05, 0.1) is 45.2 Å². The van der Waals surface area contributed by atoms with Crippen molar-refractivity contribution in [3.8, 4) is 0 Å². The smallest absolute Gasteiger partial charge is 0.328 e. The number of carboxylic acids is 3. The van der Waals surface area contributed by atoms with E-state index in [0.717, 1.165) is 11.8 Å². The topological polar surface area (TPSA) is 855 Å². The molecule has 15 atom stereocenters. The molecule has 0 saturated carbocycles. The number of hydrogen-bond acceptors (Lipinski definition) is 25. The van der Waals surface area contributed by atoms with Crippen LogP contribution in [0.1, 0.15) is 145 Å². The largest absolute Gasteiger partial charge is 0.481 e. The van der Waals surface area contributed by atoms with Crippen molar-refractivity contribution in [1.29, 1.82) is 0 Å². The molecule has 1 aliphatic rings. The normalized spacial score (nSPS) is 15.8. The molecular formula is C69H123N27O23. The summed E-state index contributed by atoms with van der Waals surface area (Å²) in [5, 5.41) is 89.7. The molecule has 1 saturated heterocycles. The lowest BCUT2D eigenvalue weighted by molar-refractivity contribution is -0.143. The number of rotatable bonds is 57. The molecule has 1 rings (SSSR count). The van der Waals surface area contributed by atoms with Gasteiger partial charge in [-0.2, -0.15) is 0 Å². The molecule has 0 aromatic rings. The Bertz CT molecular complexity index is 3570. The van der Waals surface area contributed by atoms with E-state index in [-0.39, 0.29) is 134 Å². The van der Waals surface area contributed by atoms with Gasteiger partial charge in [0.25, 0.3) is 0 Å². The second kappa shape index (κ2) is 54.8. The average molecular weight is 1700 g/mol. The number of aliphatic carboxylic acids is 3. The van der Waals surface area contributed by atoms with E-state index in [9.17, 15) is 112 Å². The number of likely N-dealkylation sites (tertiary alicyclic amines) is 1. The standard InChI is InChI=1S/C69H123N27O23/c1-8-34(6)51(63(116)92-41(25-33(4)5)58(111)91-43(27-50(103)104)59(112)93-45(30-98)61(114)87-38(16-11-21-81-68(75)76)55(108)94-46(31-99)65(118)119)95-62(115)47-18-13-23-96(47)64(117)39(17-12-22-82-69(77)78)88-52(105)35(7)84-56(109)42(26-49(101)102)90-57(110)40(24-32(2)3)89-54(107)37(15-10-20-80-67(73)74)86-60(113)44(29-97)85-48(100)28-83-53(106)36(70)14-9-19-79-66(71)72/h32-47,51,97-99H,8-31,70H2,1-7H3,(H,83,106)(H,84,109)(H,85,100)(H,86,113)(H,87,114)(H,88,105)(H,89,107)(H,90,110)(H,91,111)(H,92,116)(H,93,112)(H,94,108)(H,95,115)(H,101,102)(H,103,104)(H,118,119)(H4,71,72,79)(H4,73,74,80)(H4,75,76,81)(H4,77,78,82)/t34-,35-,36-,37-,38-,39-,40-,41-,42-,43-,44-,45-,46-,47-,51-/m0/s1. The lowest BCUT2D eigenvalue weighted by atomic mass is 9.96. The maximum absolute atomic E-state index is 14.8. The zero-order valence-electron chi connectivity index (χ0n) is 67.8. The number of carboxylic acid groups (broad SMARTS) is 3. The first-order valence-corrected chi connectivity index (χ1v) is 38.5. The minimum absolute atomic E-state index is 0.00215. The molecule has 0 radical (unpaired) electrons. The van der Waals surface area contributed by atoms with Crippen LogP contribution in [-0.4, -0.2) is 304 Å². The first-order chi connectivity index (χ1) is 55.8. The highest BCUT2D eigenvalue weighted by Gasteiger charge is 2.42. The zero-order chi connectivity index (χ0) is 90.5. The summed E-state index contributed by atoms with van der Waals surface area (Å²) in [6, 6.07) is -22.8. The van der Waals surface area contributed by atoms with Gasteiger partial charge in [0.1, 0.15) is 78.5 Å². The highest BCUT2D eigenvalue weighted by atomic mass is 16.4. The van der Waals surface area contributed by atoms with E-state index in [1.54, 1.807) is 41.5 Å². The predicted octanol–water partition coefficient (Wildman–Crippen LogP) is -12.4. The van der Waals surface area contributed by atoms with Gasteiger partial charge in [0, 0.05) is 32.7 Å². The van der Waals surface area contributed by atoms with Gasteiger partial charge in [-0.25, -0.2) is 4.79 Å². The van der Waals surface area contributed by atoms with Crippen molar-refractivity contribution in [3.63, 3.8) is 0 Å². The van der Waals surface area contributed by atoms with Gasteiger partial charge >= 0.3 is 17.9 Å². The molecule has 37 N–H and O–H groups in total. The highest BCUT2D eigenvalue weighted by Crippen LogP contribution is 2.22. The minimum atomic E-state index is -2.03. The number of amides is 14. The summed E-state index contributed by atoms with van der Waals surface area (Å²) in [4.78, 5) is 247. The van der Waals surface area contributed by atoms with E-state index in [2.05, 4.69) is 83.8 Å². The number of nitrogens with zero attached hydrogens (tertiary/aromatic N) is 5. The highest BCUT2D eigenvalue weighted by molar-refractivity contribution is 6.01. The summed E-state index contributed by atoms with van der Waals surface area (Å²) >= 11 is 0. The lowest BCUT2D eigenvalue weighted by Crippen LogP contribution is -2.61. The van der Waals surface area contributed by atoms with Crippen LogP contribution in [-0.2, 0) is 81.5 Å². The summed E-state index contributed by atoms with van der Waals surface area (Å²) in [7, 11) is 0. The predicted molar refractivity (Wildman–Crippen MR) is 426 cm³/mol. The molecule has 50 heteroatoms. The number of aliphatic hydroxyl groups is 3. The van der Waals surface area contributed by atoms with Crippen molar-refractivity contribution >= 4 is 124 Å². The van der Waals surface area contributed by atoms with Gasteiger partial charge in [0.15, 0.2) is 23.8 Å². The Morgan fingerprint density at radius 1 is 0.403 bits per heavy atom. The molecule has 0 aliphatic carbocycles. The van der Waals surface area contributed by atoms with Crippen molar-refractivity contribution in [3.05, 3.63) is 0 Å². The number of nitrogens with two attached hydrogens (primary N) is 9. The molecule has 119 heavy (non-hydrogen) atoms. The number of guanidine groups is 4. The number of aliphatic hydroxyl groups excluding tert-OH is 3. The van der Waals surface area contributed by atoms with Gasteiger partial charge in [0.2, 0.25) is 82.7 Å². The quantitative estimate of drug-likeness (QED) is 0.0153. The number of carbonyl (C=O) groups is 17. The molecule has 50 nitrogen and oxygen atoms in total. The first kappa shape index (κ1) is 105. The van der Waals surface area contributed by atoms with Crippen LogP contribution in [0.15, 0.2) is 20.0 Å². The monoisotopic (exact) mass is 1700 g/mol. The summed E-state index contributed by atoms with van der Waals surface area (Å²) in [5.41, 5.74) is 49.3. The second-order valence-corrected chi connectivity index (χ2v) is 28.9. The van der Waals surface area contributed by atoms with E-state index in [1.165, 1.54) is 0 Å². The molecule has 1 heterocycles. The van der Waals surface area contributed by atoms with E-state index < -0.39 is 242 Å². The third kappa shape index (κ3) is 41.0. The second-order valence-electron chi connectivity index (χ2n) is 28.9. The van der Waals surface area contributed by atoms with E-state index in [1.807, 2.05) is 5.32 Å². The Balaban J connectivity index is 3.56. The lowest BCUT2D eigenvalue weighted by Gasteiger charge is -2.32. The van der Waals surface area contributed by atoms with Crippen LogP contribution in [0.2, 0.25) is 0 Å². The number of carbonyl (C=O) groups excluding carboxylic acids is 14. The molecule has 0 aromatic carbocycles. The van der Waals surface area contributed by atoms with Gasteiger partial charge in [-0.15, -0.1) is 0 Å². The molecule has 0 aromatic heterocycles. The van der Waals surface area contributed by atoms with Crippen LogP contribution in [0.25, 0.3) is 0 Å². The number of hydrogen-bond donors (Lipinski definition) is 28. The molecule has 672 valence electrons. The van der Waals surface area contributed by atoms with E-state index >= 15 is 0 Å². The van der Waals surface area contributed by atoms with Crippen LogP contribution in [0.4, 0.5) is 0 Å². The Hall–Kier alpha value is -12.1. The van der Waals surface area contributed by atoms with Crippen molar-refractivity contribution in [1.82, 2.24) is 74.0 Å². The Morgan fingerprint density at radius 3 is 1.15 bits per heavy atom. The molecule has 0 spiro atoms. The molecule has 1 fully saturated rings. The average Bonchev–Trinajstić information content (AvgIpc) is 1.78. The van der Waals surface area contributed by atoms with Crippen molar-refractivity contribution in [2.45, 2.75) is 229 Å². The van der Waals surface area contributed by atoms with Crippen LogP contribution in [0.5, 0.6) is 0 Å². The van der Waals surface area contributed by atoms with Gasteiger partial charge in [-0.1, -0.05) is 48.0 Å². The molecule has 1 aliphatic heterocycles. The zero-order valence-corrected chi connectivity index (χ0v) is 67.8. The van der Waals surface area contributed by atoms with Crippen LogP contribution < -0.4 is 121 Å². The Kier molecular flexibility index (Phi) is 48.3. The van der Waals surface area contributed by atoms with Crippen molar-refractivity contribution in [2.75, 3.05) is 59.1 Å². The Labute approximate surface area is 686 Å². The fraction of sp³-hybridized carbons (Fsp3) is 0.696. The maximum Gasteiger partial charge on any atom is 0.328 e. The first-order valence-electron chi connectivity index (χ1n) is 38.5. The van der Waals surface area contributed by atoms with Crippen LogP contribution in [0.3, 0.4) is 0 Å². The molecule has 0 unspecified atom stereocenters. The summed E-state index contributed by atoms with van der Waals surface area (Å²) in [6.07, 6.45) is -2.44. The maximum atomic E-state index is 14.8. The minimum Gasteiger partial charge on any atom is -0.481 e. The molecular weight excluding hydrogens is 1570 g/mol. The van der Waals surface area contributed by atoms with E-state index in [4.69, 9.17) is 51.6 Å². The van der Waals surface area contributed by atoms with Gasteiger partial charge < -0.3 is 156 Å². The SMILES string of the molecule is CC[C@H](C)[C@H](NC(=O)[C@@H]1CCCN1C(=O)[C@H](CCCN=C(N)N)NC(=O)[C@H](C)NC(=O)[C@H](CC(=O)O)NC(=O)[C@H](CC(C)C)NC(=O)[C@H](CCCN=C(N)N)NC(=O)[C@H](CO)NC(=O)CNC(=O)[C@@H](N)CCCN=C(N)N)C(=O)N[C@@H](CC(C)C)C(=O)N[C@@H](CC(=O)O)C(=O)N[C@@H](CO)C(=O)N[C@@H](CCCN=C(N)N)C(=O)N[C@@H](CO)C(=O)O. The van der Waals surface area contributed by atoms with Crippen LogP contribution >= 0.6 is 0 Å². The van der Waals surface area contributed by atoms with E-state index in [0.29, 0.717) is 6.42 Å². The van der Waals surface area contributed by atoms with Gasteiger partial charge in [-0.05, 0) is 102 Å². The van der Waals surface area contributed by atoms with Gasteiger partial charge in [-0.3, -0.25) is 96.7 Å². The Morgan fingerprint density at radius 2 is 0.748 bits per heavy atom. The molecule has 0 bridgehead atoms. The third-order valence-electron chi connectivity index (χ3n) is 18.0. The fourth-order valence-electron chi connectivity index (χ4n) is 11.5. The molecule has 14 amide bonds. The summed E-state index contributed by atoms with van der Waals surface area (Å²) in [6.45, 7) is 6.87. The van der Waals surface area contributed by atoms with Crippen molar-refractivity contribution < 1.29 is 112 Å². The number of aliphatic imine (C=N–C) groups is 4. The van der Waals surface area contributed by atoms with Crippen molar-refractivity contribution in [2.24, 2.45) is 89.3 Å². The summed E-state index contributed by atoms with van der Waals surface area (Å²) in [5.74, 6) is -22.4. The van der Waals surface area contributed by atoms with Crippen LogP contribution in [0, 0.1) is 17.8 Å². The summed E-state index contributed by atoms with van der Waals surface area (Å²) < 4.78 is 0. The number of nitrogens with one attached hydrogen (secondary N) is 13. The fourth-order valence-corrected chi connectivity index (χ4v) is 11.5. The third-order valence-corrected chi connectivity index (χ3v) is 18.0.